The van der Waals surface area contributed by atoms with Crippen LogP contribution >= 0.6 is 0 Å². The maximum Gasteiger partial charge on any atom is 0.00529 e. The molecule has 2 aliphatic rings. The second-order valence-corrected chi connectivity index (χ2v) is 5.67. The van der Waals surface area contributed by atoms with Gasteiger partial charge in [-0.2, -0.15) is 0 Å². The van der Waals surface area contributed by atoms with Gasteiger partial charge in [-0.3, -0.25) is 0 Å². The van der Waals surface area contributed by atoms with E-state index in [1.54, 1.807) is 0 Å². The summed E-state index contributed by atoms with van der Waals surface area (Å²) in [5, 5.41) is 0. The molecule has 2 rings (SSSR count). The van der Waals surface area contributed by atoms with E-state index >= 15 is 0 Å². The topological polar surface area (TPSA) is 29.3 Å². The molecule has 2 aliphatic carbocycles. The predicted molar refractivity (Wildman–Crippen MR) is 60.2 cm³/mol. The Hall–Kier alpha value is -0.0800. The largest absolute Gasteiger partial charge is 0.330 e. The number of rotatable bonds is 6. The summed E-state index contributed by atoms with van der Waals surface area (Å²) in [5.74, 6) is 1.01. The predicted octanol–water partition coefficient (Wildman–Crippen LogP) is 1.85. The molecule has 0 heterocycles. The molecule has 14 heavy (non-hydrogen) atoms. The Labute approximate surface area is 87.8 Å². The van der Waals surface area contributed by atoms with Crippen molar-refractivity contribution >= 4 is 0 Å². The summed E-state index contributed by atoms with van der Waals surface area (Å²) in [4.78, 5) is 2.65. The fraction of sp³-hybridized carbons (Fsp3) is 1.00. The Morgan fingerprint density at radius 2 is 2.00 bits per heavy atom. The van der Waals surface area contributed by atoms with Crippen LogP contribution in [-0.2, 0) is 0 Å². The van der Waals surface area contributed by atoms with E-state index in [-0.39, 0.29) is 0 Å². The van der Waals surface area contributed by atoms with E-state index in [9.17, 15) is 0 Å². The van der Waals surface area contributed by atoms with E-state index in [4.69, 9.17) is 5.73 Å². The average molecular weight is 196 g/mol. The first kappa shape index (κ1) is 10.4. The first-order chi connectivity index (χ1) is 6.65. The third-order valence-electron chi connectivity index (χ3n) is 3.85. The number of hydrogen-bond acceptors (Lipinski definition) is 2. The molecule has 82 valence electrons. The van der Waals surface area contributed by atoms with Crippen molar-refractivity contribution in [3.05, 3.63) is 0 Å². The number of hydrogen-bond donors (Lipinski definition) is 1. The highest BCUT2D eigenvalue weighted by atomic mass is 15.2. The minimum absolute atomic E-state index is 0.513. The molecule has 0 radical (unpaired) electrons. The van der Waals surface area contributed by atoms with Gasteiger partial charge in [0.1, 0.15) is 0 Å². The third-order valence-corrected chi connectivity index (χ3v) is 3.85. The van der Waals surface area contributed by atoms with Crippen LogP contribution in [0.5, 0.6) is 0 Å². The summed E-state index contributed by atoms with van der Waals surface area (Å²) in [6.45, 7) is 8.09. The minimum atomic E-state index is 0.513. The van der Waals surface area contributed by atoms with Gasteiger partial charge in [-0.25, -0.2) is 0 Å². The summed E-state index contributed by atoms with van der Waals surface area (Å²) in [6, 6.07) is 0.694. The molecular formula is C12H24N2. The van der Waals surface area contributed by atoms with Crippen LogP contribution in [0.2, 0.25) is 0 Å². The number of nitrogens with zero attached hydrogens (tertiary/aromatic N) is 1. The zero-order valence-corrected chi connectivity index (χ0v) is 9.63. The Kier molecular flexibility index (Phi) is 2.85. The normalized spacial score (nSPS) is 24.6. The molecule has 2 fully saturated rings. The smallest absolute Gasteiger partial charge is 0.00529 e. The second-order valence-electron chi connectivity index (χ2n) is 5.67. The van der Waals surface area contributed by atoms with Crippen LogP contribution in [0, 0.1) is 11.3 Å². The van der Waals surface area contributed by atoms with Crippen molar-refractivity contribution in [2.45, 2.75) is 45.6 Å². The first-order valence-corrected chi connectivity index (χ1v) is 6.09. The van der Waals surface area contributed by atoms with Gasteiger partial charge in [0, 0.05) is 19.1 Å². The van der Waals surface area contributed by atoms with Crippen LogP contribution in [0.3, 0.4) is 0 Å². The van der Waals surface area contributed by atoms with E-state index < -0.39 is 0 Å². The van der Waals surface area contributed by atoms with E-state index in [1.165, 1.54) is 38.8 Å². The molecule has 2 nitrogen and oxygen atoms in total. The van der Waals surface area contributed by atoms with Crippen molar-refractivity contribution in [3.8, 4) is 0 Å². The summed E-state index contributed by atoms with van der Waals surface area (Å²) in [7, 11) is 0. The van der Waals surface area contributed by atoms with Crippen LogP contribution in [0.15, 0.2) is 0 Å². The summed E-state index contributed by atoms with van der Waals surface area (Å²) < 4.78 is 0. The maximum atomic E-state index is 5.84. The van der Waals surface area contributed by atoms with E-state index in [2.05, 4.69) is 18.7 Å². The Morgan fingerprint density at radius 3 is 2.36 bits per heavy atom. The van der Waals surface area contributed by atoms with Crippen LogP contribution in [0.4, 0.5) is 0 Å². The molecule has 0 aromatic heterocycles. The van der Waals surface area contributed by atoms with Crippen molar-refractivity contribution in [2.75, 3.05) is 19.6 Å². The molecule has 0 amide bonds. The second kappa shape index (κ2) is 3.82. The lowest BCUT2D eigenvalue weighted by Crippen LogP contribution is -2.39. The van der Waals surface area contributed by atoms with Gasteiger partial charge in [0.05, 0.1) is 0 Å². The minimum Gasteiger partial charge on any atom is -0.330 e. The Morgan fingerprint density at radius 1 is 1.36 bits per heavy atom. The van der Waals surface area contributed by atoms with E-state index in [0.717, 1.165) is 12.5 Å². The summed E-state index contributed by atoms with van der Waals surface area (Å²) in [6.07, 6.45) is 5.63. The molecule has 0 unspecified atom stereocenters. The van der Waals surface area contributed by atoms with Crippen LogP contribution in [0.25, 0.3) is 0 Å². The molecule has 0 aliphatic heterocycles. The van der Waals surface area contributed by atoms with Crippen LogP contribution in [-0.4, -0.2) is 30.6 Å². The van der Waals surface area contributed by atoms with Gasteiger partial charge in [0.2, 0.25) is 0 Å². The molecule has 0 bridgehead atoms. The highest BCUT2D eigenvalue weighted by Gasteiger charge is 2.43. The van der Waals surface area contributed by atoms with Gasteiger partial charge in [-0.15, -0.1) is 0 Å². The van der Waals surface area contributed by atoms with Crippen molar-refractivity contribution in [3.63, 3.8) is 0 Å². The van der Waals surface area contributed by atoms with E-state index in [0.29, 0.717) is 11.5 Å². The summed E-state index contributed by atoms with van der Waals surface area (Å²) >= 11 is 0. The molecule has 2 heteroatoms. The zero-order valence-electron chi connectivity index (χ0n) is 9.63. The Bertz CT molecular complexity index is 192. The fourth-order valence-corrected chi connectivity index (χ4v) is 2.12. The lowest BCUT2D eigenvalue weighted by atomic mass is 10.1. The van der Waals surface area contributed by atoms with Gasteiger partial charge < -0.3 is 10.6 Å². The molecule has 0 saturated heterocycles. The van der Waals surface area contributed by atoms with Gasteiger partial charge in [-0.05, 0) is 57.4 Å². The lowest BCUT2D eigenvalue weighted by molar-refractivity contribution is 0.172. The molecule has 0 spiro atoms. The highest BCUT2D eigenvalue weighted by molar-refractivity contribution is 4.97. The molecule has 0 aromatic carbocycles. The van der Waals surface area contributed by atoms with E-state index in [1.807, 2.05) is 0 Å². The molecule has 0 atom stereocenters. The molecule has 0 aromatic rings. The van der Waals surface area contributed by atoms with Crippen LogP contribution < -0.4 is 5.73 Å². The first-order valence-electron chi connectivity index (χ1n) is 6.09. The average Bonchev–Trinajstić information content (AvgIpc) is 2.98. The molecule has 2 saturated carbocycles. The monoisotopic (exact) mass is 196 g/mol. The standard InChI is InChI=1S/C12H24N2/c1-10(2)14(7-11-3-4-11)9-12(8-13)5-6-12/h10-11H,3-9,13H2,1-2H3. The Balaban J connectivity index is 1.83. The van der Waals surface area contributed by atoms with Gasteiger partial charge in [0.25, 0.3) is 0 Å². The third kappa shape index (κ3) is 2.48. The van der Waals surface area contributed by atoms with Crippen LogP contribution in [0.1, 0.15) is 39.5 Å². The van der Waals surface area contributed by atoms with Crippen molar-refractivity contribution in [2.24, 2.45) is 17.1 Å². The zero-order chi connectivity index (χ0) is 10.2. The highest BCUT2D eigenvalue weighted by Crippen LogP contribution is 2.46. The van der Waals surface area contributed by atoms with Gasteiger partial charge in [-0.1, -0.05) is 0 Å². The quantitative estimate of drug-likeness (QED) is 0.702. The maximum absolute atomic E-state index is 5.84. The fourth-order valence-electron chi connectivity index (χ4n) is 2.12. The summed E-state index contributed by atoms with van der Waals surface area (Å²) in [5.41, 5.74) is 6.35. The molecule has 2 N–H and O–H groups in total. The molecular weight excluding hydrogens is 172 g/mol. The van der Waals surface area contributed by atoms with Gasteiger partial charge in [0.15, 0.2) is 0 Å². The van der Waals surface area contributed by atoms with Crippen molar-refractivity contribution < 1.29 is 0 Å². The van der Waals surface area contributed by atoms with Crippen molar-refractivity contribution in [1.82, 2.24) is 4.90 Å². The van der Waals surface area contributed by atoms with Gasteiger partial charge >= 0.3 is 0 Å². The number of nitrogens with two attached hydrogens (primary N) is 1. The SMILES string of the molecule is CC(C)N(CC1CC1)CC1(CN)CC1. The van der Waals surface area contributed by atoms with Crippen molar-refractivity contribution in [1.29, 1.82) is 0 Å². The lowest BCUT2D eigenvalue weighted by Gasteiger charge is -2.30.